The molecule has 35 heavy (non-hydrogen) atoms. The first-order chi connectivity index (χ1) is 16.6. The Morgan fingerprint density at radius 1 is 1.00 bits per heavy atom. The van der Waals surface area contributed by atoms with Gasteiger partial charge in [-0.3, -0.25) is 15.0 Å². The molecule has 3 aromatic carbocycles. The fraction of sp³-hybridized carbons (Fsp3) is 0.125. The molecule has 182 valence electrons. The second-order valence-corrected chi connectivity index (χ2v) is 9.60. The van der Waals surface area contributed by atoms with Gasteiger partial charge in [0, 0.05) is 28.3 Å². The number of carbonyl (C=O) groups excluding carboxylic acids is 2. The lowest BCUT2D eigenvalue weighted by Gasteiger charge is -2.18. The number of nitrogen functional groups attached to an aromatic ring is 1. The predicted octanol–water partition coefficient (Wildman–Crippen LogP) is 2.80. The monoisotopic (exact) mass is 516 g/mol. The number of rotatable bonds is 10. The van der Waals surface area contributed by atoms with Crippen LogP contribution in [0.4, 0.5) is 10.1 Å². The lowest BCUT2D eigenvalue weighted by molar-refractivity contribution is -0.116. The molecule has 0 bridgehead atoms. The van der Waals surface area contributed by atoms with E-state index in [2.05, 4.69) is 5.32 Å². The van der Waals surface area contributed by atoms with E-state index in [0.717, 1.165) is 5.56 Å². The van der Waals surface area contributed by atoms with Crippen LogP contribution in [0.5, 0.6) is 0 Å². The van der Waals surface area contributed by atoms with Crippen molar-refractivity contribution in [1.82, 2.24) is 5.32 Å². The Labute approximate surface area is 209 Å². The Balaban J connectivity index is 1.79. The topological polar surface area (TPSA) is 142 Å². The molecule has 0 aromatic heterocycles. The fourth-order valence-electron chi connectivity index (χ4n) is 3.26. The molecule has 3 rings (SSSR count). The molecular weight excluding hydrogens is 493 g/mol. The van der Waals surface area contributed by atoms with Crippen LogP contribution in [0.3, 0.4) is 0 Å². The van der Waals surface area contributed by atoms with Crippen molar-refractivity contribution < 1.29 is 18.2 Å². The van der Waals surface area contributed by atoms with Crippen molar-refractivity contribution in [2.24, 2.45) is 11.5 Å². The molecule has 3 aromatic rings. The average Bonchev–Trinajstić information content (AvgIpc) is 2.80. The Hall–Kier alpha value is -3.76. The molecule has 0 heterocycles. The molecule has 0 saturated carbocycles. The van der Waals surface area contributed by atoms with Crippen LogP contribution in [0.25, 0.3) is 0 Å². The molecular formula is C24H24ClFN5O3S+. The molecule has 1 unspecified atom stereocenters. The van der Waals surface area contributed by atoms with Gasteiger partial charge in [0.1, 0.15) is 18.2 Å². The number of benzene rings is 3. The Morgan fingerprint density at radius 2 is 1.71 bits per heavy atom. The minimum absolute atomic E-state index is 0.0370. The molecule has 0 aliphatic carbocycles. The number of hydrogen-bond acceptors (Lipinski definition) is 4. The van der Waals surface area contributed by atoms with Crippen molar-refractivity contribution in [1.29, 1.82) is 5.41 Å². The van der Waals surface area contributed by atoms with Crippen LogP contribution in [0.1, 0.15) is 27.0 Å². The van der Waals surface area contributed by atoms with Crippen LogP contribution in [0, 0.1) is 11.2 Å². The Kier molecular flexibility index (Phi) is 8.56. The number of nitrogens with zero attached hydrogens (tertiary/aromatic N) is 1. The Morgan fingerprint density at radius 3 is 2.34 bits per heavy atom. The number of hydrogen-bond donors (Lipinski definition) is 4. The van der Waals surface area contributed by atoms with Crippen LogP contribution in [-0.2, 0) is 32.3 Å². The third kappa shape index (κ3) is 7.36. The van der Waals surface area contributed by atoms with E-state index < -0.39 is 28.6 Å². The quantitative estimate of drug-likeness (QED) is 0.142. The van der Waals surface area contributed by atoms with Crippen molar-refractivity contribution in [3.8, 4) is 0 Å². The molecule has 1 atom stereocenters. The van der Waals surface area contributed by atoms with Gasteiger partial charge in [0.15, 0.2) is 16.7 Å². The van der Waals surface area contributed by atoms with E-state index in [1.54, 1.807) is 30.3 Å². The first-order valence-electron chi connectivity index (χ1n) is 10.4. The molecule has 0 aliphatic rings. The number of carbonyl (C=O) groups is 2. The largest absolute Gasteiger partial charge is 0.384 e. The van der Waals surface area contributed by atoms with E-state index in [9.17, 15) is 18.2 Å². The molecule has 2 amide bonds. The predicted molar refractivity (Wildman–Crippen MR) is 136 cm³/mol. The highest BCUT2D eigenvalue weighted by atomic mass is 35.5. The highest BCUT2D eigenvalue weighted by Gasteiger charge is 2.24. The van der Waals surface area contributed by atoms with E-state index in [1.165, 1.54) is 40.7 Å². The highest BCUT2D eigenvalue weighted by molar-refractivity contribution is 7.85. The van der Waals surface area contributed by atoms with Crippen LogP contribution in [0.15, 0.2) is 66.7 Å². The van der Waals surface area contributed by atoms with E-state index in [-0.39, 0.29) is 41.0 Å². The molecule has 0 saturated heterocycles. The number of halogens is 2. The van der Waals surface area contributed by atoms with Crippen molar-refractivity contribution in [3.63, 3.8) is 0 Å². The van der Waals surface area contributed by atoms with Gasteiger partial charge in [-0.15, -0.1) is 0 Å². The van der Waals surface area contributed by atoms with Gasteiger partial charge in [-0.1, -0.05) is 52.2 Å². The maximum Gasteiger partial charge on any atom is 0.251 e. The van der Waals surface area contributed by atoms with Gasteiger partial charge < -0.3 is 16.8 Å². The van der Waals surface area contributed by atoms with Crippen molar-refractivity contribution >= 4 is 45.9 Å². The van der Waals surface area contributed by atoms with Gasteiger partial charge in [0.25, 0.3) is 5.91 Å². The summed E-state index contributed by atoms with van der Waals surface area (Å²) >= 11 is 6.23. The third-order valence-corrected chi connectivity index (χ3v) is 6.71. The van der Waals surface area contributed by atoms with E-state index in [1.807, 2.05) is 0 Å². The van der Waals surface area contributed by atoms with Gasteiger partial charge in [-0.05, 0) is 35.9 Å². The molecule has 0 aliphatic heterocycles. The van der Waals surface area contributed by atoms with E-state index >= 15 is 0 Å². The second kappa shape index (κ2) is 11.6. The Bertz CT molecular complexity index is 1290. The number of nitrogens with two attached hydrogens (primary N) is 2. The van der Waals surface area contributed by atoms with E-state index in [4.69, 9.17) is 28.5 Å². The number of nitrogens with one attached hydrogen (secondary N) is 2. The summed E-state index contributed by atoms with van der Waals surface area (Å²) in [5, 5.41) is 10.4. The SMILES string of the molecule is N=C(N)c1ccc(CNC(=O)c2cc(Cl)cc(N(CC(N)=O)[SH+](=O)Cc3cccc(F)c3)c2)cc1. The average molecular weight is 517 g/mol. The summed E-state index contributed by atoms with van der Waals surface area (Å²) in [6, 6.07) is 16.9. The molecule has 0 radical (unpaired) electrons. The second-order valence-electron chi connectivity index (χ2n) is 7.66. The maximum atomic E-state index is 13.5. The van der Waals surface area contributed by atoms with Crippen LogP contribution >= 0.6 is 11.6 Å². The minimum Gasteiger partial charge on any atom is -0.384 e. The summed E-state index contributed by atoms with van der Waals surface area (Å²) in [7, 11) is -2.24. The zero-order valence-electron chi connectivity index (χ0n) is 18.5. The fourth-order valence-corrected chi connectivity index (χ4v) is 4.84. The van der Waals surface area contributed by atoms with Crippen molar-refractivity contribution in [2.45, 2.75) is 12.3 Å². The number of anilines is 1. The summed E-state index contributed by atoms with van der Waals surface area (Å²) in [6.45, 7) is -0.174. The van der Waals surface area contributed by atoms with Crippen LogP contribution in [0.2, 0.25) is 5.02 Å². The molecule has 8 nitrogen and oxygen atoms in total. The number of thiol groups is 1. The normalized spacial score (nSPS) is 11.5. The molecule has 0 spiro atoms. The number of amidine groups is 1. The van der Waals surface area contributed by atoms with Gasteiger partial charge in [0.05, 0.1) is 5.69 Å². The maximum absolute atomic E-state index is 13.5. The van der Waals surface area contributed by atoms with Crippen LogP contribution < -0.4 is 21.1 Å². The smallest absolute Gasteiger partial charge is 0.251 e. The zero-order chi connectivity index (χ0) is 25.5. The third-order valence-electron chi connectivity index (χ3n) is 4.94. The minimum atomic E-state index is -2.24. The standard InChI is InChI=1S/C24H23ClFN5O3S/c25-19-9-18(24(33)30-12-15-4-6-17(7-5-15)23(28)29)10-21(11-19)31(13-22(27)32)35(34)14-16-2-1-3-20(26)8-16/h1-11H,12-14H2,(H2,27,32)(H3,28,29)(H,30,33)/p+1. The first kappa shape index (κ1) is 25.9. The summed E-state index contributed by atoms with van der Waals surface area (Å²) in [5.74, 6) is -1.73. The van der Waals surface area contributed by atoms with Gasteiger partial charge in [-0.25, -0.2) is 4.39 Å². The summed E-state index contributed by atoms with van der Waals surface area (Å²) < 4.78 is 27.9. The van der Waals surface area contributed by atoms with Crippen LogP contribution in [-0.4, -0.2) is 24.2 Å². The summed E-state index contributed by atoms with van der Waals surface area (Å²) in [5.41, 5.74) is 13.1. The van der Waals surface area contributed by atoms with Gasteiger partial charge >= 0.3 is 0 Å². The van der Waals surface area contributed by atoms with Gasteiger partial charge in [-0.2, -0.15) is 4.31 Å². The summed E-state index contributed by atoms with van der Waals surface area (Å²) in [6.07, 6.45) is 0. The number of primary amides is 1. The number of amides is 2. The molecule has 11 heteroatoms. The highest BCUT2D eigenvalue weighted by Crippen LogP contribution is 2.25. The lowest BCUT2D eigenvalue weighted by Crippen LogP contribution is -2.35. The lowest BCUT2D eigenvalue weighted by atomic mass is 10.1. The summed E-state index contributed by atoms with van der Waals surface area (Å²) in [4.78, 5) is 24.5. The zero-order valence-corrected chi connectivity index (χ0v) is 20.2. The molecule has 6 N–H and O–H groups in total. The van der Waals surface area contributed by atoms with Crippen molar-refractivity contribution in [3.05, 3.63) is 99.8 Å². The first-order valence-corrected chi connectivity index (χ1v) is 12.2. The van der Waals surface area contributed by atoms with E-state index in [0.29, 0.717) is 11.1 Å². The van der Waals surface area contributed by atoms with Crippen molar-refractivity contribution in [2.75, 3.05) is 10.8 Å². The van der Waals surface area contributed by atoms with Gasteiger partial charge in [0.2, 0.25) is 5.91 Å². The molecule has 0 fully saturated rings.